The van der Waals surface area contributed by atoms with E-state index in [2.05, 4.69) is 67.5 Å². The van der Waals surface area contributed by atoms with Crippen LogP contribution < -0.4 is 27.3 Å². The van der Waals surface area contributed by atoms with Gasteiger partial charge in [-0.1, -0.05) is 29.9 Å². The molecule has 5 N–H and O–H groups in total. The molecule has 12 nitrogen and oxygen atoms in total. The molecule has 2 unspecified atom stereocenters. The number of carbonyl (C=O) groups is 1. The van der Waals surface area contributed by atoms with Crippen LogP contribution in [0.15, 0.2) is 62.3 Å². The van der Waals surface area contributed by atoms with Crippen molar-refractivity contribution in [3.05, 3.63) is 69.3 Å². The Morgan fingerprint density at radius 3 is 2.97 bits per heavy atom. The van der Waals surface area contributed by atoms with Crippen LogP contribution >= 0.6 is 0 Å². The molecule has 2 aliphatic heterocycles. The highest BCUT2D eigenvalue weighted by Crippen LogP contribution is 2.40. The lowest BCUT2D eigenvalue weighted by atomic mass is 9.84. The van der Waals surface area contributed by atoms with E-state index in [4.69, 9.17) is 4.42 Å². The Labute approximate surface area is 213 Å². The number of nitrogens with zero attached hydrogens (tertiary/aromatic N) is 4. The van der Waals surface area contributed by atoms with Crippen LogP contribution in [0.4, 0.5) is 5.95 Å². The van der Waals surface area contributed by atoms with Crippen LogP contribution in [0.25, 0.3) is 11.5 Å². The van der Waals surface area contributed by atoms with E-state index in [0.717, 1.165) is 37.1 Å². The largest absolute Gasteiger partial charge is 0.420 e. The maximum Gasteiger partial charge on any atom is 0.265 e. The molecule has 37 heavy (non-hydrogen) atoms. The Morgan fingerprint density at radius 1 is 1.27 bits per heavy atom. The molecule has 6 rings (SSSR count). The van der Waals surface area contributed by atoms with Gasteiger partial charge in [0.15, 0.2) is 0 Å². The fourth-order valence-electron chi connectivity index (χ4n) is 5.40. The number of anilines is 1. The Kier molecular flexibility index (Phi) is 5.87. The van der Waals surface area contributed by atoms with Gasteiger partial charge in [0.1, 0.15) is 12.0 Å². The number of nitrogens with one attached hydrogen (secondary N) is 5. The number of allylic oxidation sites excluding steroid dienone is 3. The van der Waals surface area contributed by atoms with Crippen LogP contribution in [0.5, 0.6) is 0 Å². The third kappa shape index (κ3) is 4.55. The smallest absolute Gasteiger partial charge is 0.265 e. The van der Waals surface area contributed by atoms with Gasteiger partial charge in [-0.2, -0.15) is 5.53 Å². The van der Waals surface area contributed by atoms with Crippen molar-refractivity contribution in [3.8, 4) is 11.5 Å². The molecule has 0 spiro atoms. The molecule has 0 aromatic carbocycles. The van der Waals surface area contributed by atoms with Gasteiger partial charge in [0, 0.05) is 31.1 Å². The number of amides is 1. The summed E-state index contributed by atoms with van der Waals surface area (Å²) in [5.74, 6) is 0.841. The number of hydrogen-bond acceptors (Lipinski definition) is 10. The Morgan fingerprint density at radius 2 is 2.14 bits per heavy atom. The van der Waals surface area contributed by atoms with Gasteiger partial charge in [-0.3, -0.25) is 14.6 Å². The Balaban J connectivity index is 1.09. The van der Waals surface area contributed by atoms with Gasteiger partial charge in [0.2, 0.25) is 17.7 Å². The van der Waals surface area contributed by atoms with Crippen LogP contribution in [0.3, 0.4) is 0 Å². The lowest BCUT2D eigenvalue weighted by Crippen LogP contribution is -2.40. The van der Waals surface area contributed by atoms with E-state index in [1.54, 1.807) is 4.90 Å². The molecule has 0 radical (unpaired) electrons. The first-order valence-electron chi connectivity index (χ1n) is 12.4. The number of H-pyrrole nitrogens is 1. The van der Waals surface area contributed by atoms with Crippen LogP contribution in [-0.2, 0) is 11.2 Å². The van der Waals surface area contributed by atoms with Crippen LogP contribution in [0.1, 0.15) is 38.5 Å². The van der Waals surface area contributed by atoms with Crippen molar-refractivity contribution in [3.63, 3.8) is 0 Å². The van der Waals surface area contributed by atoms with E-state index in [1.807, 2.05) is 0 Å². The summed E-state index contributed by atoms with van der Waals surface area (Å²) in [7, 11) is 0. The summed E-state index contributed by atoms with van der Waals surface area (Å²) in [5.41, 5.74) is 14.6. The number of carbonyl (C=O) groups excluding carboxylic acids is 1. The van der Waals surface area contributed by atoms with Gasteiger partial charge in [0.05, 0.1) is 17.9 Å². The van der Waals surface area contributed by atoms with E-state index >= 15 is 0 Å². The summed E-state index contributed by atoms with van der Waals surface area (Å²) in [6, 6.07) is 0.150. The molecule has 4 aliphatic rings. The molecule has 2 aromatic heterocycles. The summed E-state index contributed by atoms with van der Waals surface area (Å²) in [4.78, 5) is 34.4. The Hall–Kier alpha value is -4.19. The summed E-state index contributed by atoms with van der Waals surface area (Å²) < 4.78 is 5.65. The number of rotatable bonds is 6. The average Bonchev–Trinajstić information content (AvgIpc) is 3.62. The fourth-order valence-corrected chi connectivity index (χ4v) is 5.40. The molecule has 0 fully saturated rings. The highest BCUT2D eigenvalue weighted by atomic mass is 16.4. The van der Waals surface area contributed by atoms with Crippen molar-refractivity contribution < 1.29 is 9.21 Å². The molecule has 2 aromatic rings. The first-order chi connectivity index (χ1) is 17.9. The normalized spacial score (nSPS) is 22.5. The van der Waals surface area contributed by atoms with Crippen molar-refractivity contribution in [2.45, 2.75) is 45.1 Å². The third-order valence-electron chi connectivity index (χ3n) is 7.32. The number of aromatic amines is 1. The molecule has 2 atom stereocenters. The number of hydrazine groups is 2. The van der Waals surface area contributed by atoms with Gasteiger partial charge in [-0.05, 0) is 31.8 Å². The van der Waals surface area contributed by atoms with E-state index in [9.17, 15) is 9.59 Å². The minimum atomic E-state index is -0.391. The van der Waals surface area contributed by atoms with E-state index in [0.29, 0.717) is 25.0 Å². The lowest BCUT2D eigenvalue weighted by molar-refractivity contribution is -0.130. The summed E-state index contributed by atoms with van der Waals surface area (Å²) in [5, 5.41) is 11.3. The number of aromatic nitrogens is 4. The first kappa shape index (κ1) is 23.2. The van der Waals surface area contributed by atoms with Gasteiger partial charge >= 0.3 is 0 Å². The van der Waals surface area contributed by atoms with Crippen LogP contribution in [0.2, 0.25) is 0 Å². The quantitative estimate of drug-likeness (QED) is 0.366. The van der Waals surface area contributed by atoms with Crippen LogP contribution in [0, 0.1) is 5.92 Å². The molecule has 0 saturated carbocycles. The zero-order valence-electron chi connectivity index (χ0n) is 20.6. The van der Waals surface area contributed by atoms with Crippen LogP contribution in [-0.4, -0.2) is 50.1 Å². The molecule has 4 heterocycles. The highest BCUT2D eigenvalue weighted by molar-refractivity contribution is 5.78. The predicted octanol–water partition coefficient (Wildman–Crippen LogP) is 1.44. The maximum atomic E-state index is 12.8. The second kappa shape index (κ2) is 9.36. The van der Waals surface area contributed by atoms with Crippen molar-refractivity contribution in [1.29, 1.82) is 0 Å². The van der Waals surface area contributed by atoms with E-state index < -0.39 is 5.56 Å². The molecule has 0 bridgehead atoms. The average molecular weight is 504 g/mol. The molecule has 1 amide bonds. The zero-order chi connectivity index (χ0) is 25.5. The highest BCUT2D eigenvalue weighted by Gasteiger charge is 2.30. The summed E-state index contributed by atoms with van der Waals surface area (Å²) >= 11 is 0. The second-order valence-electron chi connectivity index (χ2n) is 9.89. The lowest BCUT2D eigenvalue weighted by Gasteiger charge is -2.26. The number of hydrogen-bond donors (Lipinski definition) is 5. The summed E-state index contributed by atoms with van der Waals surface area (Å²) in [6.07, 6.45) is 9.28. The standard InChI is InChI=1S/C25H29N9O3/c1-13(2)16-5-3-4-14-8-15(9-17(14)16)27-25-26-11-18(23(36)28-25)24-32-31-21(37-24)10-22(35)34-7-6-19-20(12-34)30-33-29-19/h3-4,11,15-16,29-30,33H,1,5-10,12H2,2H3,(H2,26,27,28,36). The van der Waals surface area contributed by atoms with Gasteiger partial charge in [0.25, 0.3) is 11.4 Å². The van der Waals surface area contributed by atoms with Gasteiger partial charge in [-0.15, -0.1) is 10.2 Å². The molecule has 12 heteroatoms. The molecular formula is C25H29N9O3. The predicted molar refractivity (Wildman–Crippen MR) is 135 cm³/mol. The molecular weight excluding hydrogens is 474 g/mol. The zero-order valence-corrected chi connectivity index (χ0v) is 20.6. The van der Waals surface area contributed by atoms with Crippen molar-refractivity contribution in [2.75, 3.05) is 18.4 Å². The van der Waals surface area contributed by atoms with Crippen molar-refractivity contribution >= 4 is 11.9 Å². The maximum absolute atomic E-state index is 12.8. The van der Waals surface area contributed by atoms with Gasteiger partial charge < -0.3 is 25.5 Å². The topological polar surface area (TPSA) is 153 Å². The monoisotopic (exact) mass is 503 g/mol. The van der Waals surface area contributed by atoms with Crippen molar-refractivity contribution in [2.24, 2.45) is 5.92 Å². The van der Waals surface area contributed by atoms with Crippen molar-refractivity contribution in [1.82, 2.24) is 41.5 Å². The molecule has 2 aliphatic carbocycles. The fraction of sp³-hybridized carbons (Fsp3) is 0.400. The third-order valence-corrected chi connectivity index (χ3v) is 7.32. The second-order valence-corrected chi connectivity index (χ2v) is 9.89. The SMILES string of the molecule is C=C(C)C1CC=CC2=C1CC(Nc1ncc(-c3nnc(CC(=O)N4CCC5=C(C4)NNN5)o3)c(=O)[nH]1)C2. The van der Waals surface area contributed by atoms with E-state index in [1.165, 1.54) is 22.9 Å². The minimum Gasteiger partial charge on any atom is -0.420 e. The minimum absolute atomic E-state index is 0.0324. The first-order valence-corrected chi connectivity index (χ1v) is 12.4. The van der Waals surface area contributed by atoms with E-state index in [-0.39, 0.29) is 35.7 Å². The Bertz CT molecular complexity index is 1420. The molecule has 0 saturated heterocycles. The molecule has 192 valence electrons. The summed E-state index contributed by atoms with van der Waals surface area (Å²) in [6.45, 7) is 7.29. The van der Waals surface area contributed by atoms with Gasteiger partial charge in [-0.25, -0.2) is 4.98 Å².